The monoisotopic (exact) mass is 239 g/mol. The zero-order valence-corrected chi connectivity index (χ0v) is 11.1. The Morgan fingerprint density at radius 1 is 1.41 bits per heavy atom. The van der Waals surface area contributed by atoms with Gasteiger partial charge in [0.15, 0.2) is 5.69 Å². The molecule has 1 rings (SSSR count). The number of nitrogens with zero attached hydrogens (tertiary/aromatic N) is 3. The maximum atomic E-state index is 11.7. The van der Waals surface area contributed by atoms with E-state index in [2.05, 4.69) is 31.1 Å². The Labute approximate surface area is 102 Å². The lowest BCUT2D eigenvalue weighted by Crippen LogP contribution is -2.13. The van der Waals surface area contributed by atoms with Crippen LogP contribution in [-0.2, 0) is 17.7 Å². The van der Waals surface area contributed by atoms with Gasteiger partial charge in [0.05, 0.1) is 12.3 Å². The summed E-state index contributed by atoms with van der Waals surface area (Å²) in [5, 5.41) is 7.97. The van der Waals surface area contributed by atoms with Crippen molar-refractivity contribution in [2.24, 2.45) is 5.92 Å². The molecule has 1 heterocycles. The van der Waals surface area contributed by atoms with Gasteiger partial charge in [-0.2, -0.15) is 0 Å². The minimum absolute atomic E-state index is 0.362. The Balaban J connectivity index is 2.99. The highest BCUT2D eigenvalue weighted by Crippen LogP contribution is 2.13. The van der Waals surface area contributed by atoms with Gasteiger partial charge in [-0.15, -0.1) is 5.10 Å². The summed E-state index contributed by atoms with van der Waals surface area (Å²) in [6.45, 7) is 9.23. The fraction of sp³-hybridized carbons (Fsp3) is 0.750. The Morgan fingerprint density at radius 3 is 2.65 bits per heavy atom. The van der Waals surface area contributed by atoms with E-state index in [1.54, 1.807) is 6.92 Å². The maximum absolute atomic E-state index is 11.7. The molecule has 5 heteroatoms. The summed E-state index contributed by atoms with van der Waals surface area (Å²) in [6.07, 6.45) is 1.76. The van der Waals surface area contributed by atoms with Crippen LogP contribution in [0.1, 0.15) is 50.3 Å². The molecule has 0 aliphatic carbocycles. The number of ether oxygens (including phenoxy) is 1. The second-order valence-corrected chi connectivity index (χ2v) is 4.43. The predicted octanol–water partition coefficient (Wildman–Crippen LogP) is 2.06. The lowest BCUT2D eigenvalue weighted by Gasteiger charge is -2.08. The van der Waals surface area contributed by atoms with Crippen LogP contribution in [0.5, 0.6) is 0 Å². The molecule has 17 heavy (non-hydrogen) atoms. The van der Waals surface area contributed by atoms with Crippen LogP contribution < -0.4 is 0 Å². The van der Waals surface area contributed by atoms with Crippen molar-refractivity contribution in [3.8, 4) is 0 Å². The SMILES string of the molecule is CCCn1nnc(C(=O)OCC)c1CC(C)C. The fourth-order valence-corrected chi connectivity index (χ4v) is 1.67. The normalized spacial score (nSPS) is 10.9. The summed E-state index contributed by atoms with van der Waals surface area (Å²) >= 11 is 0. The van der Waals surface area contributed by atoms with Crippen LogP contribution in [0.2, 0.25) is 0 Å². The second-order valence-electron chi connectivity index (χ2n) is 4.43. The number of carbonyl (C=O) groups excluding carboxylic acids is 1. The number of hydrogen-bond acceptors (Lipinski definition) is 4. The molecule has 0 unspecified atom stereocenters. The highest BCUT2D eigenvalue weighted by molar-refractivity contribution is 5.88. The van der Waals surface area contributed by atoms with Crippen molar-refractivity contribution in [1.82, 2.24) is 15.0 Å². The third-order valence-corrected chi connectivity index (χ3v) is 2.34. The summed E-state index contributed by atoms with van der Waals surface area (Å²) in [5.74, 6) is 0.0859. The number of aryl methyl sites for hydroxylation is 1. The van der Waals surface area contributed by atoms with Gasteiger partial charge >= 0.3 is 5.97 Å². The van der Waals surface area contributed by atoms with Crippen LogP contribution in [0.3, 0.4) is 0 Å². The molecule has 0 aliphatic rings. The Kier molecular flexibility index (Phi) is 5.12. The minimum atomic E-state index is -0.370. The highest BCUT2D eigenvalue weighted by atomic mass is 16.5. The number of rotatable bonds is 6. The molecular formula is C12H21N3O2. The average Bonchev–Trinajstić information content (AvgIpc) is 2.62. The topological polar surface area (TPSA) is 57.0 Å². The molecule has 0 atom stereocenters. The molecule has 0 aromatic carbocycles. The Hall–Kier alpha value is -1.39. The first kappa shape index (κ1) is 13.7. The van der Waals surface area contributed by atoms with Crippen molar-refractivity contribution >= 4 is 5.97 Å². The predicted molar refractivity (Wildman–Crippen MR) is 64.8 cm³/mol. The number of carbonyl (C=O) groups is 1. The van der Waals surface area contributed by atoms with Gasteiger partial charge in [0.1, 0.15) is 0 Å². The standard InChI is InChI=1S/C12H21N3O2/c1-5-7-15-10(8-9(3)4)11(13-14-15)12(16)17-6-2/h9H,5-8H2,1-4H3. The molecule has 0 bridgehead atoms. The van der Waals surface area contributed by atoms with Crippen LogP contribution in [0, 0.1) is 5.92 Å². The van der Waals surface area contributed by atoms with Gasteiger partial charge in [-0.3, -0.25) is 0 Å². The van der Waals surface area contributed by atoms with E-state index in [1.165, 1.54) is 0 Å². The molecule has 0 aliphatic heterocycles. The van der Waals surface area contributed by atoms with Crippen molar-refractivity contribution < 1.29 is 9.53 Å². The van der Waals surface area contributed by atoms with E-state index in [4.69, 9.17) is 4.74 Å². The third kappa shape index (κ3) is 3.54. The quantitative estimate of drug-likeness (QED) is 0.713. The number of aromatic nitrogens is 3. The lowest BCUT2D eigenvalue weighted by molar-refractivity contribution is 0.0517. The van der Waals surface area contributed by atoms with Crippen LogP contribution in [0.4, 0.5) is 0 Å². The van der Waals surface area contributed by atoms with Crippen LogP contribution >= 0.6 is 0 Å². The van der Waals surface area contributed by atoms with E-state index in [0.717, 1.165) is 25.1 Å². The van der Waals surface area contributed by atoms with Gasteiger partial charge in [-0.25, -0.2) is 9.48 Å². The Bertz CT molecular complexity index is 372. The van der Waals surface area contributed by atoms with E-state index < -0.39 is 0 Å². The van der Waals surface area contributed by atoms with Crippen LogP contribution in [0.25, 0.3) is 0 Å². The summed E-state index contributed by atoms with van der Waals surface area (Å²) in [6, 6.07) is 0. The molecule has 0 N–H and O–H groups in total. The molecule has 0 spiro atoms. The van der Waals surface area contributed by atoms with Crippen LogP contribution in [-0.4, -0.2) is 27.6 Å². The average molecular weight is 239 g/mol. The molecule has 5 nitrogen and oxygen atoms in total. The lowest BCUT2D eigenvalue weighted by atomic mass is 10.1. The van der Waals surface area contributed by atoms with Crippen molar-refractivity contribution in [2.75, 3.05) is 6.61 Å². The van der Waals surface area contributed by atoms with Gasteiger partial charge in [0.25, 0.3) is 0 Å². The molecule has 0 amide bonds. The molecule has 96 valence electrons. The van der Waals surface area contributed by atoms with E-state index in [-0.39, 0.29) is 5.97 Å². The van der Waals surface area contributed by atoms with Crippen molar-refractivity contribution in [3.63, 3.8) is 0 Å². The zero-order valence-electron chi connectivity index (χ0n) is 11.1. The highest BCUT2D eigenvalue weighted by Gasteiger charge is 2.20. The van der Waals surface area contributed by atoms with Gasteiger partial charge < -0.3 is 4.74 Å². The first-order chi connectivity index (χ1) is 8.10. The molecule has 1 aromatic heterocycles. The smallest absolute Gasteiger partial charge is 0.360 e. The molecule has 0 radical (unpaired) electrons. The minimum Gasteiger partial charge on any atom is -0.461 e. The maximum Gasteiger partial charge on any atom is 0.360 e. The van der Waals surface area contributed by atoms with E-state index >= 15 is 0 Å². The van der Waals surface area contributed by atoms with Crippen molar-refractivity contribution in [1.29, 1.82) is 0 Å². The molecular weight excluding hydrogens is 218 g/mol. The zero-order chi connectivity index (χ0) is 12.8. The second kappa shape index (κ2) is 6.37. The van der Waals surface area contributed by atoms with Crippen LogP contribution in [0.15, 0.2) is 0 Å². The van der Waals surface area contributed by atoms with E-state index in [1.807, 2.05) is 4.68 Å². The largest absolute Gasteiger partial charge is 0.461 e. The van der Waals surface area contributed by atoms with Crippen molar-refractivity contribution in [3.05, 3.63) is 11.4 Å². The summed E-state index contributed by atoms with van der Waals surface area (Å²) in [7, 11) is 0. The Morgan fingerprint density at radius 2 is 2.12 bits per heavy atom. The van der Waals surface area contributed by atoms with E-state index in [9.17, 15) is 4.79 Å². The molecule has 0 fully saturated rings. The van der Waals surface area contributed by atoms with E-state index in [0.29, 0.717) is 18.2 Å². The molecule has 0 saturated carbocycles. The first-order valence-electron chi connectivity index (χ1n) is 6.19. The first-order valence-corrected chi connectivity index (χ1v) is 6.19. The van der Waals surface area contributed by atoms with Gasteiger partial charge in [-0.1, -0.05) is 26.0 Å². The number of hydrogen-bond donors (Lipinski definition) is 0. The van der Waals surface area contributed by atoms with Gasteiger partial charge in [-0.05, 0) is 25.7 Å². The fourth-order valence-electron chi connectivity index (χ4n) is 1.67. The molecule has 0 saturated heterocycles. The third-order valence-electron chi connectivity index (χ3n) is 2.34. The number of esters is 1. The summed E-state index contributed by atoms with van der Waals surface area (Å²) in [4.78, 5) is 11.7. The van der Waals surface area contributed by atoms with Crippen molar-refractivity contribution in [2.45, 2.75) is 47.1 Å². The molecule has 1 aromatic rings. The summed E-state index contributed by atoms with van der Waals surface area (Å²) < 4.78 is 6.80. The summed E-state index contributed by atoms with van der Waals surface area (Å²) in [5.41, 5.74) is 1.26. The van der Waals surface area contributed by atoms with Gasteiger partial charge in [0.2, 0.25) is 0 Å². The van der Waals surface area contributed by atoms with Gasteiger partial charge in [0, 0.05) is 6.54 Å².